The van der Waals surface area contributed by atoms with Crippen LogP contribution in [0.15, 0.2) is 84.9 Å². The molecule has 0 aromatic heterocycles. The average molecular weight is 473 g/mol. The van der Waals surface area contributed by atoms with Gasteiger partial charge in [-0.25, -0.2) is 0 Å². The molecule has 3 aromatic carbocycles. The van der Waals surface area contributed by atoms with E-state index in [1.165, 1.54) is 5.69 Å². The second-order valence-electron chi connectivity index (χ2n) is 8.95. The van der Waals surface area contributed by atoms with Gasteiger partial charge in [-0.3, -0.25) is 14.5 Å². The number of para-hydroxylation sites is 1. The number of piperazine rings is 1. The Kier molecular flexibility index (Phi) is 8.29. The van der Waals surface area contributed by atoms with Gasteiger partial charge in [0.05, 0.1) is 5.92 Å². The Labute approximate surface area is 206 Å². The lowest BCUT2D eigenvalue weighted by Gasteiger charge is -2.36. The van der Waals surface area contributed by atoms with Gasteiger partial charge in [0.15, 0.2) is 5.78 Å². The molecule has 0 saturated carbocycles. The first-order valence-corrected chi connectivity index (χ1v) is 12.1. The minimum atomic E-state index is -0.750. The zero-order valence-corrected chi connectivity index (χ0v) is 20.0. The average Bonchev–Trinajstić information content (AvgIpc) is 2.92. The molecule has 1 N–H and O–H groups in total. The number of ether oxygens (including phenoxy) is 1. The molecule has 35 heavy (non-hydrogen) atoms. The molecule has 1 aliphatic heterocycles. The molecule has 3 aromatic rings. The minimum absolute atomic E-state index is 0.0509. The van der Waals surface area contributed by atoms with Crippen LogP contribution in [0.4, 0.5) is 5.69 Å². The summed E-state index contributed by atoms with van der Waals surface area (Å²) in [5.74, 6) is -1.04. The smallest absolute Gasteiger partial charge is 0.313 e. The number of hydrogen-bond donors (Lipinski definition) is 1. The third-order valence-electron chi connectivity index (χ3n) is 6.42. The summed E-state index contributed by atoms with van der Waals surface area (Å²) < 4.78 is 5.43. The quantitative estimate of drug-likeness (QED) is 0.378. The molecule has 182 valence electrons. The highest BCUT2D eigenvalue weighted by Gasteiger charge is 2.22. The van der Waals surface area contributed by atoms with E-state index < -0.39 is 18.0 Å². The van der Waals surface area contributed by atoms with Crippen LogP contribution in [0, 0.1) is 0 Å². The minimum Gasteiger partial charge on any atom is -0.462 e. The van der Waals surface area contributed by atoms with E-state index in [4.69, 9.17) is 4.74 Å². The fourth-order valence-electron chi connectivity index (χ4n) is 4.32. The van der Waals surface area contributed by atoms with Crippen molar-refractivity contribution in [2.24, 2.45) is 0 Å². The molecule has 1 unspecified atom stereocenters. The predicted molar refractivity (Wildman–Crippen MR) is 137 cm³/mol. The first-order chi connectivity index (χ1) is 17.0. The standard InChI is InChI=1S/C29H32N2O4/c1-22(24-11-8-12-25(19-24)28(33)23-9-4-2-5-10-23)29(34)35-21-27(32)20-30-15-17-31(18-16-30)26-13-6-3-7-14-26/h2-14,19,22,27,32H,15-18,20-21H2,1H3/t22?,27-/m0/s1. The number of benzene rings is 3. The highest BCUT2D eigenvalue weighted by atomic mass is 16.5. The number of carbonyl (C=O) groups is 2. The molecule has 6 nitrogen and oxygen atoms in total. The summed E-state index contributed by atoms with van der Waals surface area (Å²) in [6, 6.07) is 26.5. The van der Waals surface area contributed by atoms with Gasteiger partial charge in [0.25, 0.3) is 0 Å². The molecule has 0 amide bonds. The van der Waals surface area contributed by atoms with Gasteiger partial charge in [0.2, 0.25) is 0 Å². The number of rotatable bonds is 9. The van der Waals surface area contributed by atoms with Crippen LogP contribution in [0.3, 0.4) is 0 Å². The zero-order chi connectivity index (χ0) is 24.6. The fraction of sp³-hybridized carbons (Fsp3) is 0.310. The van der Waals surface area contributed by atoms with Gasteiger partial charge in [-0.15, -0.1) is 0 Å². The Hall–Kier alpha value is -3.48. The van der Waals surface area contributed by atoms with E-state index in [0.717, 1.165) is 26.2 Å². The lowest BCUT2D eigenvalue weighted by Crippen LogP contribution is -2.49. The Morgan fingerprint density at radius 2 is 1.49 bits per heavy atom. The second kappa shape index (κ2) is 11.8. The number of β-amino-alcohol motifs (C(OH)–C–C–N with tert-alkyl or cyclic N) is 1. The van der Waals surface area contributed by atoms with Gasteiger partial charge < -0.3 is 14.7 Å². The number of esters is 1. The second-order valence-corrected chi connectivity index (χ2v) is 8.95. The Bertz CT molecular complexity index is 1110. The summed E-state index contributed by atoms with van der Waals surface area (Å²) in [5.41, 5.74) is 3.06. The molecule has 0 aliphatic carbocycles. The summed E-state index contributed by atoms with van der Waals surface area (Å²) in [7, 11) is 0. The van der Waals surface area contributed by atoms with Crippen LogP contribution in [0.1, 0.15) is 34.3 Å². The molecule has 6 heteroatoms. The lowest BCUT2D eigenvalue weighted by atomic mass is 9.96. The van der Waals surface area contributed by atoms with E-state index in [1.807, 2.05) is 42.5 Å². The number of hydrogen-bond acceptors (Lipinski definition) is 6. The molecular weight excluding hydrogens is 440 g/mol. The van der Waals surface area contributed by atoms with Crippen molar-refractivity contribution in [3.63, 3.8) is 0 Å². The normalized spacial score (nSPS) is 15.9. The number of aliphatic hydroxyl groups excluding tert-OH is 1. The number of aliphatic hydroxyl groups is 1. The topological polar surface area (TPSA) is 70.1 Å². The van der Waals surface area contributed by atoms with E-state index >= 15 is 0 Å². The maximum Gasteiger partial charge on any atom is 0.313 e. The molecular formula is C29H32N2O4. The van der Waals surface area contributed by atoms with Gasteiger partial charge in [-0.1, -0.05) is 66.7 Å². The van der Waals surface area contributed by atoms with Crippen LogP contribution in [-0.4, -0.2) is 67.2 Å². The van der Waals surface area contributed by atoms with Crippen LogP contribution in [0.2, 0.25) is 0 Å². The van der Waals surface area contributed by atoms with Crippen molar-refractivity contribution >= 4 is 17.4 Å². The van der Waals surface area contributed by atoms with Crippen molar-refractivity contribution in [1.29, 1.82) is 0 Å². The molecule has 0 bridgehead atoms. The molecule has 1 heterocycles. The zero-order valence-electron chi connectivity index (χ0n) is 20.0. The molecule has 0 spiro atoms. The SMILES string of the molecule is CC(C(=O)OC[C@@H](O)CN1CCN(c2ccccc2)CC1)c1cccc(C(=O)c2ccccc2)c1. The molecule has 4 rings (SSSR count). The van der Waals surface area contributed by atoms with Gasteiger partial charge in [0.1, 0.15) is 12.7 Å². The summed E-state index contributed by atoms with van der Waals surface area (Å²) in [5, 5.41) is 10.5. The fourth-order valence-corrected chi connectivity index (χ4v) is 4.32. The van der Waals surface area contributed by atoms with Crippen molar-refractivity contribution in [2.75, 3.05) is 44.2 Å². The molecule has 2 atom stereocenters. The van der Waals surface area contributed by atoms with Crippen LogP contribution in [-0.2, 0) is 9.53 Å². The van der Waals surface area contributed by atoms with Gasteiger partial charge in [-0.2, -0.15) is 0 Å². The van der Waals surface area contributed by atoms with E-state index in [0.29, 0.717) is 23.2 Å². The highest BCUT2D eigenvalue weighted by molar-refractivity contribution is 6.09. The summed E-state index contributed by atoms with van der Waals surface area (Å²) in [6.07, 6.45) is -0.750. The van der Waals surface area contributed by atoms with Gasteiger partial charge in [-0.05, 0) is 30.7 Å². The third-order valence-corrected chi connectivity index (χ3v) is 6.42. The number of nitrogens with zero attached hydrogens (tertiary/aromatic N) is 2. The van der Waals surface area contributed by atoms with E-state index in [9.17, 15) is 14.7 Å². The first-order valence-electron chi connectivity index (χ1n) is 12.1. The summed E-state index contributed by atoms with van der Waals surface area (Å²) >= 11 is 0. The molecule has 1 aliphatic rings. The van der Waals surface area contributed by atoms with Crippen LogP contribution in [0.5, 0.6) is 0 Å². The lowest BCUT2D eigenvalue weighted by molar-refractivity contribution is -0.148. The molecule has 1 saturated heterocycles. The van der Waals surface area contributed by atoms with E-state index in [2.05, 4.69) is 21.9 Å². The van der Waals surface area contributed by atoms with Crippen molar-refractivity contribution in [3.8, 4) is 0 Å². The van der Waals surface area contributed by atoms with Crippen molar-refractivity contribution < 1.29 is 19.4 Å². The van der Waals surface area contributed by atoms with Gasteiger partial charge in [0, 0.05) is 49.5 Å². The molecule has 0 radical (unpaired) electrons. The van der Waals surface area contributed by atoms with Gasteiger partial charge >= 0.3 is 5.97 Å². The predicted octanol–water partition coefficient (Wildman–Crippen LogP) is 3.75. The third kappa shape index (κ3) is 6.56. The van der Waals surface area contributed by atoms with Crippen LogP contribution < -0.4 is 4.90 Å². The number of carbonyl (C=O) groups excluding carboxylic acids is 2. The maximum atomic E-state index is 12.7. The molecule has 1 fully saturated rings. The van der Waals surface area contributed by atoms with E-state index in [-0.39, 0.29) is 12.4 Å². The van der Waals surface area contributed by atoms with Crippen LogP contribution >= 0.6 is 0 Å². The number of ketones is 1. The first kappa shape index (κ1) is 24.6. The van der Waals surface area contributed by atoms with Crippen molar-refractivity contribution in [1.82, 2.24) is 4.90 Å². The van der Waals surface area contributed by atoms with Crippen LogP contribution in [0.25, 0.3) is 0 Å². The Balaban J connectivity index is 1.24. The maximum absolute atomic E-state index is 12.7. The summed E-state index contributed by atoms with van der Waals surface area (Å²) in [4.78, 5) is 29.9. The number of anilines is 1. The Morgan fingerprint density at radius 1 is 0.857 bits per heavy atom. The van der Waals surface area contributed by atoms with E-state index in [1.54, 1.807) is 37.3 Å². The summed E-state index contributed by atoms with van der Waals surface area (Å²) in [6.45, 7) is 5.65. The Morgan fingerprint density at radius 3 is 2.17 bits per heavy atom. The van der Waals surface area contributed by atoms with Crippen molar-refractivity contribution in [2.45, 2.75) is 18.9 Å². The highest BCUT2D eigenvalue weighted by Crippen LogP contribution is 2.20. The monoisotopic (exact) mass is 472 g/mol. The largest absolute Gasteiger partial charge is 0.462 e. The van der Waals surface area contributed by atoms with Crippen molar-refractivity contribution in [3.05, 3.63) is 102 Å².